The molecule has 0 unspecified atom stereocenters. The van der Waals surface area contributed by atoms with Crippen molar-refractivity contribution in [3.63, 3.8) is 0 Å². The zero-order valence-corrected chi connectivity index (χ0v) is 13.3. The molecule has 0 saturated carbocycles. The van der Waals surface area contributed by atoms with Gasteiger partial charge in [-0.3, -0.25) is 4.98 Å². The Balaban J connectivity index is 1.92. The van der Waals surface area contributed by atoms with Crippen LogP contribution >= 0.6 is 27.5 Å². The number of nitrogens with one attached hydrogen (secondary N) is 1. The Hall–Kier alpha value is -1.78. The number of pyridine rings is 1. The molecule has 2 aromatic carbocycles. The number of fused-ring (bicyclic) bond motifs is 1. The number of benzene rings is 2. The minimum atomic E-state index is 0.261. The van der Waals surface area contributed by atoms with Gasteiger partial charge in [0.1, 0.15) is 5.75 Å². The van der Waals surface area contributed by atoms with Crippen molar-refractivity contribution in [3.05, 3.63) is 63.7 Å². The monoisotopic (exact) mass is 362 g/mol. The van der Waals surface area contributed by atoms with E-state index >= 15 is 0 Å². The number of nitrogens with zero attached hydrogens (tertiary/aromatic N) is 1. The molecule has 0 radical (unpaired) electrons. The Morgan fingerprint density at radius 3 is 2.90 bits per heavy atom. The van der Waals surface area contributed by atoms with Crippen LogP contribution in [0, 0.1) is 0 Å². The second-order valence-corrected chi connectivity index (χ2v) is 5.94. The Morgan fingerprint density at radius 2 is 2.05 bits per heavy atom. The Bertz CT molecular complexity index is 807. The molecule has 21 heavy (non-hydrogen) atoms. The lowest BCUT2D eigenvalue weighted by Crippen LogP contribution is -2.01. The molecule has 3 aromatic rings. The average Bonchev–Trinajstić information content (AvgIpc) is 2.50. The van der Waals surface area contributed by atoms with Gasteiger partial charge in [0, 0.05) is 28.2 Å². The Kier molecular flexibility index (Phi) is 3.99. The van der Waals surface area contributed by atoms with E-state index in [-0.39, 0.29) is 5.75 Å². The molecule has 3 nitrogen and oxygen atoms in total. The van der Waals surface area contributed by atoms with Crippen molar-refractivity contribution >= 4 is 44.1 Å². The normalized spacial score (nSPS) is 10.8. The molecule has 0 aliphatic carbocycles. The van der Waals surface area contributed by atoms with Gasteiger partial charge in [-0.2, -0.15) is 0 Å². The summed E-state index contributed by atoms with van der Waals surface area (Å²) in [5, 5.41) is 14.8. The number of anilines is 1. The minimum Gasteiger partial charge on any atom is -0.508 e. The molecule has 0 atom stereocenters. The predicted molar refractivity (Wildman–Crippen MR) is 89.9 cm³/mol. The van der Waals surface area contributed by atoms with Gasteiger partial charge in [0.2, 0.25) is 0 Å². The third-order valence-electron chi connectivity index (χ3n) is 3.23. The number of aromatic nitrogens is 1. The van der Waals surface area contributed by atoms with Gasteiger partial charge in [-0.05, 0) is 42.5 Å². The van der Waals surface area contributed by atoms with E-state index in [0.29, 0.717) is 11.6 Å². The molecule has 0 amide bonds. The van der Waals surface area contributed by atoms with Gasteiger partial charge in [0.25, 0.3) is 0 Å². The van der Waals surface area contributed by atoms with E-state index < -0.39 is 0 Å². The first-order chi connectivity index (χ1) is 10.1. The van der Waals surface area contributed by atoms with Crippen molar-refractivity contribution in [2.45, 2.75) is 6.54 Å². The molecule has 1 heterocycles. The maximum atomic E-state index is 9.87. The van der Waals surface area contributed by atoms with Crippen molar-refractivity contribution in [1.82, 2.24) is 4.98 Å². The summed E-state index contributed by atoms with van der Waals surface area (Å²) >= 11 is 9.58. The molecule has 0 aliphatic rings. The molecule has 1 aromatic heterocycles. The zero-order chi connectivity index (χ0) is 14.8. The van der Waals surface area contributed by atoms with Crippen LogP contribution in [0.3, 0.4) is 0 Å². The number of phenolic OH excluding ortho intramolecular Hbond substituents is 1. The van der Waals surface area contributed by atoms with Crippen LogP contribution in [0.15, 0.2) is 53.1 Å². The van der Waals surface area contributed by atoms with E-state index in [2.05, 4.69) is 26.2 Å². The number of aromatic hydroxyl groups is 1. The standard InChI is InChI=1S/C16H12BrClN2O/c17-11-3-6-15(21)10(8-11)9-20-14-5-4-13(18)12-2-1-7-19-16(12)14/h1-8,20-21H,9H2. The first-order valence-electron chi connectivity index (χ1n) is 6.39. The van der Waals surface area contributed by atoms with Gasteiger partial charge in [-0.15, -0.1) is 0 Å². The quantitative estimate of drug-likeness (QED) is 0.690. The number of phenols is 1. The SMILES string of the molecule is Oc1ccc(Br)cc1CNc1ccc(Cl)c2cccnc12. The molecule has 0 spiro atoms. The van der Waals surface area contributed by atoms with Gasteiger partial charge in [0.15, 0.2) is 0 Å². The van der Waals surface area contributed by atoms with Crippen LogP contribution < -0.4 is 5.32 Å². The third kappa shape index (κ3) is 2.96. The van der Waals surface area contributed by atoms with Crippen LogP contribution in [0.4, 0.5) is 5.69 Å². The second-order valence-electron chi connectivity index (χ2n) is 4.62. The van der Waals surface area contributed by atoms with Crippen molar-refractivity contribution in [2.24, 2.45) is 0 Å². The first kappa shape index (κ1) is 14.2. The highest BCUT2D eigenvalue weighted by Crippen LogP contribution is 2.29. The fourth-order valence-electron chi connectivity index (χ4n) is 2.17. The molecule has 3 rings (SSSR count). The molecule has 106 valence electrons. The van der Waals surface area contributed by atoms with Crippen molar-refractivity contribution in [3.8, 4) is 5.75 Å². The van der Waals surface area contributed by atoms with E-state index in [0.717, 1.165) is 26.6 Å². The van der Waals surface area contributed by atoms with Crippen molar-refractivity contribution in [1.29, 1.82) is 0 Å². The molecule has 0 fully saturated rings. The highest BCUT2D eigenvalue weighted by atomic mass is 79.9. The summed E-state index contributed by atoms with van der Waals surface area (Å²) in [6.07, 6.45) is 1.74. The summed E-state index contributed by atoms with van der Waals surface area (Å²) in [6.45, 7) is 0.499. The summed E-state index contributed by atoms with van der Waals surface area (Å²) in [7, 11) is 0. The first-order valence-corrected chi connectivity index (χ1v) is 7.57. The summed E-state index contributed by atoms with van der Waals surface area (Å²) in [4.78, 5) is 4.38. The number of rotatable bonds is 3. The van der Waals surface area contributed by atoms with E-state index in [1.165, 1.54) is 0 Å². The van der Waals surface area contributed by atoms with Crippen LogP contribution in [0.25, 0.3) is 10.9 Å². The fraction of sp³-hybridized carbons (Fsp3) is 0.0625. The summed E-state index contributed by atoms with van der Waals surface area (Å²) in [6, 6.07) is 12.9. The smallest absolute Gasteiger partial charge is 0.120 e. The third-order valence-corrected chi connectivity index (χ3v) is 4.05. The van der Waals surface area contributed by atoms with E-state index in [1.54, 1.807) is 18.3 Å². The maximum absolute atomic E-state index is 9.87. The highest BCUT2D eigenvalue weighted by Gasteiger charge is 2.07. The van der Waals surface area contributed by atoms with Crippen LogP contribution in [0.1, 0.15) is 5.56 Å². The molecule has 0 aliphatic heterocycles. The average molecular weight is 364 g/mol. The number of halogens is 2. The molecule has 0 saturated heterocycles. The second kappa shape index (κ2) is 5.92. The minimum absolute atomic E-state index is 0.261. The topological polar surface area (TPSA) is 45.1 Å². The van der Waals surface area contributed by atoms with E-state index in [1.807, 2.05) is 30.3 Å². The maximum Gasteiger partial charge on any atom is 0.120 e. The molecule has 5 heteroatoms. The lowest BCUT2D eigenvalue weighted by molar-refractivity contribution is 0.469. The largest absolute Gasteiger partial charge is 0.508 e. The predicted octanol–water partition coefficient (Wildman–Crippen LogP) is 4.97. The molecular weight excluding hydrogens is 352 g/mol. The van der Waals surface area contributed by atoms with Crippen LogP contribution in [-0.2, 0) is 6.54 Å². The van der Waals surface area contributed by atoms with E-state index in [4.69, 9.17) is 11.6 Å². The Morgan fingerprint density at radius 1 is 1.19 bits per heavy atom. The van der Waals surface area contributed by atoms with Gasteiger partial charge in [0.05, 0.1) is 16.2 Å². The lowest BCUT2D eigenvalue weighted by atomic mass is 10.1. The Labute approximate surface area is 135 Å². The van der Waals surface area contributed by atoms with Crippen LogP contribution in [0.2, 0.25) is 5.02 Å². The molecule has 2 N–H and O–H groups in total. The zero-order valence-electron chi connectivity index (χ0n) is 11.0. The summed E-state index contributed by atoms with van der Waals surface area (Å²) in [5.41, 5.74) is 2.51. The van der Waals surface area contributed by atoms with Gasteiger partial charge in [-0.25, -0.2) is 0 Å². The summed E-state index contributed by atoms with van der Waals surface area (Å²) in [5.74, 6) is 0.261. The van der Waals surface area contributed by atoms with Gasteiger partial charge in [-0.1, -0.05) is 27.5 Å². The fourth-order valence-corrected chi connectivity index (χ4v) is 2.79. The lowest BCUT2D eigenvalue weighted by Gasteiger charge is -2.11. The van der Waals surface area contributed by atoms with E-state index in [9.17, 15) is 5.11 Å². The number of hydrogen-bond donors (Lipinski definition) is 2. The van der Waals surface area contributed by atoms with Crippen molar-refractivity contribution in [2.75, 3.05) is 5.32 Å². The number of hydrogen-bond acceptors (Lipinski definition) is 3. The van der Waals surface area contributed by atoms with Gasteiger partial charge >= 0.3 is 0 Å². The molecular formula is C16H12BrClN2O. The van der Waals surface area contributed by atoms with Crippen molar-refractivity contribution < 1.29 is 5.11 Å². The highest BCUT2D eigenvalue weighted by molar-refractivity contribution is 9.10. The van der Waals surface area contributed by atoms with Crippen LogP contribution in [0.5, 0.6) is 5.75 Å². The molecule has 0 bridgehead atoms. The van der Waals surface area contributed by atoms with Gasteiger partial charge < -0.3 is 10.4 Å². The van der Waals surface area contributed by atoms with Crippen LogP contribution in [-0.4, -0.2) is 10.1 Å². The summed E-state index contributed by atoms with van der Waals surface area (Å²) < 4.78 is 0.927.